The first-order valence-electron chi connectivity index (χ1n) is 6.60. The zero-order valence-corrected chi connectivity index (χ0v) is 11.9. The van der Waals surface area contributed by atoms with Crippen LogP contribution in [-0.4, -0.2) is 34.2 Å². The molecule has 108 valence electrons. The fourth-order valence-electron chi connectivity index (χ4n) is 2.38. The summed E-state index contributed by atoms with van der Waals surface area (Å²) in [4.78, 5) is 24.9. The summed E-state index contributed by atoms with van der Waals surface area (Å²) in [5.41, 5.74) is 1.07. The van der Waals surface area contributed by atoms with Crippen LogP contribution in [0.5, 0.6) is 0 Å². The van der Waals surface area contributed by atoms with Crippen molar-refractivity contribution in [1.29, 1.82) is 0 Å². The average molecular weight is 277 g/mol. The van der Waals surface area contributed by atoms with Crippen LogP contribution in [0.3, 0.4) is 0 Å². The summed E-state index contributed by atoms with van der Waals surface area (Å²) in [7, 11) is 0. The Balaban J connectivity index is 2.38. The number of hydrogen-bond donors (Lipinski definition) is 1. The van der Waals surface area contributed by atoms with Crippen LogP contribution in [0.2, 0.25) is 0 Å². The van der Waals surface area contributed by atoms with Gasteiger partial charge in [-0.3, -0.25) is 4.90 Å². The van der Waals surface area contributed by atoms with E-state index >= 15 is 0 Å². The van der Waals surface area contributed by atoms with Gasteiger partial charge in [0.1, 0.15) is 5.60 Å². The molecule has 1 aromatic carbocycles. The summed E-state index contributed by atoms with van der Waals surface area (Å²) in [6.07, 6.45) is -0.489. The second kappa shape index (κ2) is 5.15. The summed E-state index contributed by atoms with van der Waals surface area (Å²) >= 11 is 0. The number of rotatable bonds is 1. The molecule has 0 bridgehead atoms. The SMILES string of the molecule is CC(C)(C)OC(=O)C1c2ccccc2CCN1C(=O)O. The van der Waals surface area contributed by atoms with E-state index in [0.29, 0.717) is 13.0 Å². The molecule has 5 nitrogen and oxygen atoms in total. The first-order valence-corrected chi connectivity index (χ1v) is 6.60. The first-order chi connectivity index (χ1) is 9.29. The van der Waals surface area contributed by atoms with Gasteiger partial charge >= 0.3 is 12.1 Å². The molecule has 1 N–H and O–H groups in total. The molecular formula is C15H19NO4. The highest BCUT2D eigenvalue weighted by Gasteiger charge is 2.38. The minimum Gasteiger partial charge on any atom is -0.465 e. The number of esters is 1. The summed E-state index contributed by atoms with van der Waals surface area (Å²) in [5.74, 6) is -0.521. The lowest BCUT2D eigenvalue weighted by Gasteiger charge is -2.35. The van der Waals surface area contributed by atoms with Crippen molar-refractivity contribution in [2.45, 2.75) is 38.8 Å². The van der Waals surface area contributed by atoms with Crippen LogP contribution in [-0.2, 0) is 16.0 Å². The Morgan fingerprint density at radius 1 is 1.30 bits per heavy atom. The van der Waals surface area contributed by atoms with Gasteiger partial charge in [0, 0.05) is 6.54 Å². The number of nitrogens with zero attached hydrogens (tertiary/aromatic N) is 1. The van der Waals surface area contributed by atoms with Crippen LogP contribution in [0, 0.1) is 0 Å². The fourth-order valence-corrected chi connectivity index (χ4v) is 2.38. The average Bonchev–Trinajstić information content (AvgIpc) is 2.35. The second-order valence-corrected chi connectivity index (χ2v) is 5.86. The van der Waals surface area contributed by atoms with Crippen molar-refractivity contribution in [3.63, 3.8) is 0 Å². The number of carboxylic acid groups (broad SMARTS) is 1. The van der Waals surface area contributed by atoms with Crippen LogP contribution in [0.1, 0.15) is 37.9 Å². The van der Waals surface area contributed by atoms with E-state index in [0.717, 1.165) is 16.0 Å². The van der Waals surface area contributed by atoms with E-state index in [9.17, 15) is 14.7 Å². The van der Waals surface area contributed by atoms with E-state index in [1.165, 1.54) is 0 Å². The van der Waals surface area contributed by atoms with Gasteiger partial charge in [-0.25, -0.2) is 9.59 Å². The second-order valence-electron chi connectivity index (χ2n) is 5.86. The Morgan fingerprint density at radius 3 is 2.55 bits per heavy atom. The number of amides is 1. The van der Waals surface area contributed by atoms with Gasteiger partial charge in [0.2, 0.25) is 0 Å². The molecule has 0 aromatic heterocycles. The molecule has 1 aliphatic heterocycles. The number of benzene rings is 1. The van der Waals surface area contributed by atoms with Crippen molar-refractivity contribution in [3.05, 3.63) is 35.4 Å². The third kappa shape index (κ3) is 2.92. The molecule has 5 heteroatoms. The molecule has 0 saturated carbocycles. The number of carbonyl (C=O) groups excluding carboxylic acids is 1. The molecule has 0 saturated heterocycles. The predicted octanol–water partition coefficient (Wildman–Crippen LogP) is 2.61. The molecule has 20 heavy (non-hydrogen) atoms. The topological polar surface area (TPSA) is 66.8 Å². The van der Waals surface area contributed by atoms with Crippen molar-refractivity contribution in [1.82, 2.24) is 4.90 Å². The van der Waals surface area contributed by atoms with Gasteiger partial charge in [0.15, 0.2) is 6.04 Å². The van der Waals surface area contributed by atoms with Crippen molar-refractivity contribution >= 4 is 12.1 Å². The normalized spacial score (nSPS) is 18.4. The molecule has 1 aliphatic rings. The Bertz CT molecular complexity index is 533. The van der Waals surface area contributed by atoms with Crippen LogP contribution >= 0.6 is 0 Å². The maximum absolute atomic E-state index is 12.4. The largest absolute Gasteiger partial charge is 0.465 e. The molecule has 1 atom stereocenters. The Kier molecular flexibility index (Phi) is 3.70. The van der Waals surface area contributed by atoms with Gasteiger partial charge in [-0.15, -0.1) is 0 Å². The van der Waals surface area contributed by atoms with E-state index < -0.39 is 23.7 Å². The summed E-state index contributed by atoms with van der Waals surface area (Å²) in [5, 5.41) is 9.30. The number of carbonyl (C=O) groups is 2. The summed E-state index contributed by atoms with van der Waals surface area (Å²) < 4.78 is 5.37. The van der Waals surface area contributed by atoms with E-state index in [1.807, 2.05) is 18.2 Å². The third-order valence-electron chi connectivity index (χ3n) is 3.16. The van der Waals surface area contributed by atoms with E-state index in [2.05, 4.69) is 0 Å². The lowest BCUT2D eigenvalue weighted by molar-refractivity contribution is -0.161. The van der Waals surface area contributed by atoms with Gasteiger partial charge < -0.3 is 9.84 Å². The van der Waals surface area contributed by atoms with Crippen molar-refractivity contribution in [2.24, 2.45) is 0 Å². The molecule has 0 aliphatic carbocycles. The van der Waals surface area contributed by atoms with Gasteiger partial charge in [-0.2, -0.15) is 0 Å². The Morgan fingerprint density at radius 2 is 1.95 bits per heavy atom. The summed E-state index contributed by atoms with van der Waals surface area (Å²) in [6.45, 7) is 5.61. The molecule has 1 amide bonds. The summed E-state index contributed by atoms with van der Waals surface area (Å²) in [6, 6.07) is 6.53. The number of fused-ring (bicyclic) bond motifs is 1. The standard InChI is InChI=1S/C15H19NO4/c1-15(2,3)20-13(17)12-11-7-5-4-6-10(11)8-9-16(12)14(18)19/h4-7,12H,8-9H2,1-3H3,(H,18,19). The van der Waals surface area contributed by atoms with Crippen molar-refractivity contribution in [2.75, 3.05) is 6.54 Å². The smallest absolute Gasteiger partial charge is 0.408 e. The van der Waals surface area contributed by atoms with Gasteiger partial charge in [-0.05, 0) is 38.3 Å². The minimum atomic E-state index is -1.10. The van der Waals surface area contributed by atoms with Gasteiger partial charge in [0.05, 0.1) is 0 Å². The minimum absolute atomic E-state index is 0.302. The van der Waals surface area contributed by atoms with Crippen LogP contribution in [0.15, 0.2) is 24.3 Å². The Hall–Kier alpha value is -2.04. The fraction of sp³-hybridized carbons (Fsp3) is 0.467. The van der Waals surface area contributed by atoms with Crippen molar-refractivity contribution < 1.29 is 19.4 Å². The molecule has 1 unspecified atom stereocenters. The quantitative estimate of drug-likeness (QED) is 0.801. The van der Waals surface area contributed by atoms with Gasteiger partial charge in [-0.1, -0.05) is 24.3 Å². The van der Waals surface area contributed by atoms with Crippen LogP contribution < -0.4 is 0 Å². The van der Waals surface area contributed by atoms with E-state index in [1.54, 1.807) is 26.8 Å². The third-order valence-corrected chi connectivity index (χ3v) is 3.16. The molecule has 1 aromatic rings. The van der Waals surface area contributed by atoms with E-state index in [-0.39, 0.29) is 0 Å². The zero-order chi connectivity index (χ0) is 14.9. The number of hydrogen-bond acceptors (Lipinski definition) is 3. The zero-order valence-electron chi connectivity index (χ0n) is 11.9. The van der Waals surface area contributed by atoms with Crippen LogP contribution in [0.4, 0.5) is 4.79 Å². The molecule has 1 heterocycles. The molecule has 0 fully saturated rings. The maximum atomic E-state index is 12.4. The first kappa shape index (κ1) is 14.4. The predicted molar refractivity (Wildman–Crippen MR) is 73.5 cm³/mol. The molecule has 0 spiro atoms. The highest BCUT2D eigenvalue weighted by atomic mass is 16.6. The highest BCUT2D eigenvalue weighted by molar-refractivity contribution is 5.83. The van der Waals surface area contributed by atoms with E-state index in [4.69, 9.17) is 4.74 Å². The van der Waals surface area contributed by atoms with Gasteiger partial charge in [0.25, 0.3) is 0 Å². The molecule has 2 rings (SSSR count). The lowest BCUT2D eigenvalue weighted by Crippen LogP contribution is -2.44. The molecular weight excluding hydrogens is 258 g/mol. The molecule has 0 radical (unpaired) electrons. The Labute approximate surface area is 118 Å². The van der Waals surface area contributed by atoms with Crippen LogP contribution in [0.25, 0.3) is 0 Å². The maximum Gasteiger partial charge on any atom is 0.408 e. The van der Waals surface area contributed by atoms with Crippen molar-refractivity contribution in [3.8, 4) is 0 Å². The highest BCUT2D eigenvalue weighted by Crippen LogP contribution is 2.31. The number of ether oxygens (including phenoxy) is 1. The monoisotopic (exact) mass is 277 g/mol. The lowest BCUT2D eigenvalue weighted by atomic mass is 9.93.